The van der Waals surface area contributed by atoms with Crippen molar-refractivity contribution in [2.75, 3.05) is 9.80 Å². The highest BCUT2D eigenvalue weighted by atomic mass is 16.3. The Morgan fingerprint density at radius 1 is 0.333 bits per heavy atom. The molecule has 15 aromatic rings. The minimum Gasteiger partial charge on any atom is -0.454 e. The maximum Gasteiger partial charge on any atom is 0.159 e. The third-order valence-corrected chi connectivity index (χ3v) is 14.7. The molecule has 4 aromatic heterocycles. The first-order valence-electron chi connectivity index (χ1n) is 23.7. The summed E-state index contributed by atoms with van der Waals surface area (Å²) in [4.78, 5) is 4.95. The van der Waals surface area contributed by atoms with Crippen LogP contribution in [0.25, 0.3) is 104 Å². The molecule has 0 saturated carbocycles. The molecule has 0 spiro atoms. The zero-order valence-electron chi connectivity index (χ0n) is 37.9. The number of fused-ring (bicyclic) bond motifs is 14. The zero-order valence-corrected chi connectivity index (χ0v) is 37.9. The third-order valence-electron chi connectivity index (χ3n) is 14.7. The van der Waals surface area contributed by atoms with Crippen molar-refractivity contribution in [2.24, 2.45) is 0 Å². The summed E-state index contributed by atoms with van der Waals surface area (Å²) in [6, 6.07) is 76.8. The molecule has 5 heteroatoms. The summed E-state index contributed by atoms with van der Waals surface area (Å²) in [6.07, 6.45) is 0. The normalized spacial score (nSPS) is 12.2. The molecule has 0 radical (unpaired) electrons. The molecule has 4 heterocycles. The van der Waals surface area contributed by atoms with Crippen LogP contribution < -0.4 is 9.80 Å². The van der Waals surface area contributed by atoms with Crippen LogP contribution in [0.1, 0.15) is 11.1 Å². The Hall–Kier alpha value is -9.06. The average molecular weight is 884 g/mol. The largest absolute Gasteiger partial charge is 0.454 e. The number of benzene rings is 11. The minimum atomic E-state index is 0.870. The summed E-state index contributed by atoms with van der Waals surface area (Å²) in [7, 11) is 0. The van der Waals surface area contributed by atoms with Crippen LogP contribution >= 0.6 is 0 Å². The second-order valence-electron chi connectivity index (χ2n) is 18.5. The first-order valence-corrected chi connectivity index (χ1v) is 23.7. The van der Waals surface area contributed by atoms with Crippen molar-refractivity contribution in [1.82, 2.24) is 4.40 Å². The third kappa shape index (κ3) is 5.24. The summed E-state index contributed by atoms with van der Waals surface area (Å²) in [6.45, 7) is 4.42. The van der Waals surface area contributed by atoms with Crippen LogP contribution in [0.5, 0.6) is 0 Å². The number of aryl methyl sites for hydroxylation is 2. The highest BCUT2D eigenvalue weighted by Gasteiger charge is 2.31. The van der Waals surface area contributed by atoms with E-state index in [-0.39, 0.29) is 0 Å². The standard InChI is InChI=1S/C64H41N3O2/c1-38-32-34-48-46-26-13-15-30-54(46)68-63(48)58(38)65(42-20-5-3-6-21-42)61-44-24-11-9-18-40(44)36-52-56(61)50-28-17-29-51-57-53(67(52)60(50)51)37-41-19-10-12-25-45(41)62(57)66(43-22-7-4-8-23-43)59-39(2)33-35-49-47-27-14-16-31-55(47)69-64(49)59/h3-37H,1-2H3. The number of furan rings is 2. The number of rotatable bonds is 6. The van der Waals surface area contributed by atoms with E-state index in [9.17, 15) is 0 Å². The van der Waals surface area contributed by atoms with Gasteiger partial charge in [0.1, 0.15) is 11.2 Å². The van der Waals surface area contributed by atoms with Gasteiger partial charge >= 0.3 is 0 Å². The van der Waals surface area contributed by atoms with Crippen molar-refractivity contribution >= 4 is 138 Å². The molecule has 69 heavy (non-hydrogen) atoms. The summed E-state index contributed by atoms with van der Waals surface area (Å²) < 4.78 is 16.4. The lowest BCUT2D eigenvalue weighted by Gasteiger charge is -2.30. The summed E-state index contributed by atoms with van der Waals surface area (Å²) in [5.74, 6) is 0. The fourth-order valence-electron chi connectivity index (χ4n) is 11.7. The van der Waals surface area contributed by atoms with Gasteiger partial charge in [-0.05, 0) is 84.3 Å². The highest BCUT2D eigenvalue weighted by Crippen LogP contribution is 2.55. The molecule has 0 aliphatic rings. The second kappa shape index (κ2) is 14.2. The molecule has 11 aromatic carbocycles. The molecular formula is C64H41N3O2. The smallest absolute Gasteiger partial charge is 0.159 e. The van der Waals surface area contributed by atoms with E-state index in [0.717, 1.165) is 122 Å². The van der Waals surface area contributed by atoms with Gasteiger partial charge in [-0.15, -0.1) is 0 Å². The number of hydrogen-bond acceptors (Lipinski definition) is 4. The molecule has 0 amide bonds. The van der Waals surface area contributed by atoms with Crippen molar-refractivity contribution < 1.29 is 8.83 Å². The Kier molecular flexibility index (Phi) is 7.85. The van der Waals surface area contributed by atoms with Crippen molar-refractivity contribution in [3.8, 4) is 0 Å². The maximum atomic E-state index is 6.93. The molecule has 0 atom stereocenters. The van der Waals surface area contributed by atoms with Crippen molar-refractivity contribution in [3.05, 3.63) is 223 Å². The van der Waals surface area contributed by atoms with Gasteiger partial charge in [0.25, 0.3) is 0 Å². The molecular weight excluding hydrogens is 843 g/mol. The van der Waals surface area contributed by atoms with E-state index in [0.29, 0.717) is 0 Å². The first-order chi connectivity index (χ1) is 34.1. The first kappa shape index (κ1) is 38.1. The lowest BCUT2D eigenvalue weighted by molar-refractivity contribution is 0.668. The van der Waals surface area contributed by atoms with E-state index in [1.807, 2.05) is 0 Å². The van der Waals surface area contributed by atoms with Crippen LogP contribution in [0.2, 0.25) is 0 Å². The van der Waals surface area contributed by atoms with E-state index in [2.05, 4.69) is 240 Å². The molecule has 0 saturated heterocycles. The van der Waals surface area contributed by atoms with Crippen molar-refractivity contribution in [2.45, 2.75) is 13.8 Å². The highest BCUT2D eigenvalue weighted by molar-refractivity contribution is 6.34. The van der Waals surface area contributed by atoms with Gasteiger partial charge in [-0.25, -0.2) is 0 Å². The second-order valence-corrected chi connectivity index (χ2v) is 18.5. The topological polar surface area (TPSA) is 37.2 Å². The van der Waals surface area contributed by atoms with Crippen molar-refractivity contribution in [1.29, 1.82) is 0 Å². The van der Waals surface area contributed by atoms with Gasteiger partial charge in [-0.1, -0.05) is 164 Å². The van der Waals surface area contributed by atoms with Gasteiger partial charge in [0, 0.05) is 65.2 Å². The van der Waals surface area contributed by atoms with Gasteiger partial charge in [-0.3, -0.25) is 0 Å². The average Bonchev–Trinajstić information content (AvgIpc) is 4.15. The molecule has 5 nitrogen and oxygen atoms in total. The maximum absolute atomic E-state index is 6.93. The van der Waals surface area contributed by atoms with Crippen LogP contribution in [0, 0.1) is 13.8 Å². The van der Waals surface area contributed by atoms with E-state index >= 15 is 0 Å². The Morgan fingerprint density at radius 3 is 1.19 bits per heavy atom. The van der Waals surface area contributed by atoms with Gasteiger partial charge in [0.05, 0.1) is 39.3 Å². The quantitative estimate of drug-likeness (QED) is 0.167. The molecule has 0 fully saturated rings. The Bertz CT molecular complexity index is 4290. The van der Waals surface area contributed by atoms with Crippen LogP contribution in [-0.4, -0.2) is 4.40 Å². The van der Waals surface area contributed by atoms with Gasteiger partial charge in [-0.2, -0.15) is 0 Å². The Labute approximate surface area is 396 Å². The van der Waals surface area contributed by atoms with Gasteiger partial charge < -0.3 is 23.0 Å². The monoisotopic (exact) mass is 883 g/mol. The SMILES string of the molecule is Cc1ccc2c(oc3ccccc32)c1N(c1ccccc1)c1c2ccccc2cc2c1c1cccc3c4c(N(c5ccccc5)c5c(C)ccc6c5oc5ccccc56)c5ccccc5cc4n2c13. The number of nitrogens with zero attached hydrogens (tertiary/aromatic N) is 3. The Morgan fingerprint density at radius 2 is 0.725 bits per heavy atom. The number of para-hydroxylation sites is 5. The number of hydrogen-bond donors (Lipinski definition) is 0. The van der Waals surface area contributed by atoms with Crippen LogP contribution in [0.3, 0.4) is 0 Å². The fraction of sp³-hybridized carbons (Fsp3) is 0.0312. The van der Waals surface area contributed by atoms with Crippen LogP contribution in [-0.2, 0) is 0 Å². The molecule has 0 unspecified atom stereocenters. The summed E-state index contributed by atoms with van der Waals surface area (Å²) in [5, 5.41) is 13.8. The zero-order chi connectivity index (χ0) is 45.5. The molecule has 0 aliphatic carbocycles. The van der Waals surface area contributed by atoms with Gasteiger partial charge in [0.15, 0.2) is 11.2 Å². The predicted octanol–water partition coefficient (Wildman–Crippen LogP) is 18.5. The van der Waals surface area contributed by atoms with E-state index < -0.39 is 0 Å². The van der Waals surface area contributed by atoms with Crippen molar-refractivity contribution in [3.63, 3.8) is 0 Å². The molecule has 324 valence electrons. The fourth-order valence-corrected chi connectivity index (χ4v) is 11.7. The number of aromatic nitrogens is 1. The van der Waals surface area contributed by atoms with Gasteiger partial charge in [0.2, 0.25) is 0 Å². The van der Waals surface area contributed by atoms with Crippen LogP contribution in [0.15, 0.2) is 221 Å². The minimum absolute atomic E-state index is 0.870. The molecule has 15 rings (SSSR count). The Balaban J connectivity index is 1.12. The number of anilines is 6. The van der Waals surface area contributed by atoms with E-state index in [1.54, 1.807) is 0 Å². The van der Waals surface area contributed by atoms with E-state index in [1.165, 1.54) is 27.1 Å². The summed E-state index contributed by atoms with van der Waals surface area (Å²) >= 11 is 0. The summed E-state index contributed by atoms with van der Waals surface area (Å²) in [5.41, 5.74) is 15.6. The molecule has 0 aliphatic heterocycles. The molecule has 0 N–H and O–H groups in total. The lowest BCUT2D eigenvalue weighted by Crippen LogP contribution is -2.13. The van der Waals surface area contributed by atoms with E-state index in [4.69, 9.17) is 8.83 Å². The lowest BCUT2D eigenvalue weighted by atomic mass is 9.97. The van der Waals surface area contributed by atoms with Crippen LogP contribution in [0.4, 0.5) is 34.1 Å². The molecule has 0 bridgehead atoms. The predicted molar refractivity (Wildman–Crippen MR) is 290 cm³/mol.